The van der Waals surface area contributed by atoms with Crippen molar-refractivity contribution in [2.24, 2.45) is 0 Å². The maximum absolute atomic E-state index is 12.2. The van der Waals surface area contributed by atoms with Crippen molar-refractivity contribution in [2.45, 2.75) is 25.7 Å². The number of rotatable bonds is 8. The highest BCUT2D eigenvalue weighted by atomic mass is 35.5. The van der Waals surface area contributed by atoms with Gasteiger partial charge < -0.3 is 19.9 Å². The molecule has 0 heterocycles. The van der Waals surface area contributed by atoms with E-state index in [2.05, 4.69) is 5.32 Å². The first-order valence-corrected chi connectivity index (χ1v) is 8.91. The smallest absolute Gasteiger partial charge is 0.408 e. The molecule has 28 heavy (non-hydrogen) atoms. The third kappa shape index (κ3) is 6.75. The molecule has 0 unspecified atom stereocenters. The zero-order chi connectivity index (χ0) is 20.5. The van der Waals surface area contributed by atoms with Crippen LogP contribution in [0.4, 0.5) is 4.79 Å². The van der Waals surface area contributed by atoms with Crippen LogP contribution in [-0.4, -0.2) is 29.2 Å². The van der Waals surface area contributed by atoms with Crippen LogP contribution >= 0.6 is 23.2 Å². The molecule has 0 aliphatic heterocycles. The SMILES string of the molecule is O=C(O)C[C@H](NC(=O)OCc1ccccc1)C(=O)OCc1c(Cl)cccc1Cl. The highest BCUT2D eigenvalue weighted by Crippen LogP contribution is 2.25. The van der Waals surface area contributed by atoms with Crippen molar-refractivity contribution < 1.29 is 29.0 Å². The summed E-state index contributed by atoms with van der Waals surface area (Å²) >= 11 is 12.0. The van der Waals surface area contributed by atoms with Crippen molar-refractivity contribution in [2.75, 3.05) is 0 Å². The average Bonchev–Trinajstić information content (AvgIpc) is 2.66. The van der Waals surface area contributed by atoms with Gasteiger partial charge in [0.2, 0.25) is 0 Å². The second-order valence-corrected chi connectivity index (χ2v) is 6.48. The Kier molecular flexibility index (Phi) is 8.10. The number of carbonyl (C=O) groups excluding carboxylic acids is 2. The Hall–Kier alpha value is -2.77. The maximum atomic E-state index is 12.2. The van der Waals surface area contributed by atoms with Crippen LogP contribution in [0, 0.1) is 0 Å². The van der Waals surface area contributed by atoms with Crippen molar-refractivity contribution >= 4 is 41.2 Å². The van der Waals surface area contributed by atoms with E-state index in [1.165, 1.54) is 0 Å². The van der Waals surface area contributed by atoms with E-state index < -0.39 is 30.5 Å². The highest BCUT2D eigenvalue weighted by Gasteiger charge is 2.26. The van der Waals surface area contributed by atoms with Crippen LogP contribution in [0.1, 0.15) is 17.5 Å². The molecule has 148 valence electrons. The first-order valence-electron chi connectivity index (χ1n) is 8.15. The molecule has 2 rings (SSSR count). The molecule has 0 aliphatic rings. The van der Waals surface area contributed by atoms with Gasteiger partial charge in [0.05, 0.1) is 6.42 Å². The number of alkyl carbamates (subject to hydrolysis) is 1. The standard InChI is InChI=1S/C19H17Cl2NO6/c20-14-7-4-8-15(21)13(14)11-27-18(25)16(9-17(23)24)22-19(26)28-10-12-5-2-1-3-6-12/h1-8,16H,9-11H2,(H,22,26)(H,23,24)/t16-/m0/s1. The fourth-order valence-corrected chi connectivity index (χ4v) is 2.70. The lowest BCUT2D eigenvalue weighted by molar-refractivity contribution is -0.151. The summed E-state index contributed by atoms with van der Waals surface area (Å²) in [6.07, 6.45) is -1.61. The minimum absolute atomic E-state index is 0.0310. The first-order chi connectivity index (χ1) is 13.4. The van der Waals surface area contributed by atoms with Gasteiger partial charge in [0.15, 0.2) is 0 Å². The number of esters is 1. The molecule has 0 fully saturated rings. The van der Waals surface area contributed by atoms with Gasteiger partial charge in [-0.15, -0.1) is 0 Å². The summed E-state index contributed by atoms with van der Waals surface area (Å²) in [5.74, 6) is -2.24. The molecule has 0 saturated heterocycles. The summed E-state index contributed by atoms with van der Waals surface area (Å²) in [6, 6.07) is 12.2. The van der Waals surface area contributed by atoms with Crippen LogP contribution in [-0.2, 0) is 32.3 Å². The minimum atomic E-state index is -1.43. The summed E-state index contributed by atoms with van der Waals surface area (Å²) in [5, 5.41) is 11.8. The number of amides is 1. The molecule has 9 heteroatoms. The Morgan fingerprint density at radius 1 is 0.929 bits per heavy atom. The summed E-state index contributed by atoms with van der Waals surface area (Å²) in [7, 11) is 0. The molecule has 0 saturated carbocycles. The number of carboxylic acid groups (broad SMARTS) is 1. The third-order valence-electron chi connectivity index (χ3n) is 3.59. The van der Waals surface area contributed by atoms with E-state index in [-0.39, 0.29) is 13.2 Å². The second-order valence-electron chi connectivity index (χ2n) is 5.66. The molecule has 0 aromatic heterocycles. The van der Waals surface area contributed by atoms with Gasteiger partial charge in [-0.1, -0.05) is 59.6 Å². The van der Waals surface area contributed by atoms with E-state index in [1.54, 1.807) is 42.5 Å². The van der Waals surface area contributed by atoms with Gasteiger partial charge in [-0.25, -0.2) is 9.59 Å². The van der Waals surface area contributed by atoms with Gasteiger partial charge in [-0.2, -0.15) is 0 Å². The molecule has 1 atom stereocenters. The molecule has 7 nitrogen and oxygen atoms in total. The normalized spacial score (nSPS) is 11.4. The van der Waals surface area contributed by atoms with Gasteiger partial charge >= 0.3 is 18.0 Å². The van der Waals surface area contributed by atoms with Crippen LogP contribution in [0.2, 0.25) is 10.0 Å². The van der Waals surface area contributed by atoms with E-state index in [0.29, 0.717) is 15.6 Å². The maximum Gasteiger partial charge on any atom is 0.408 e. The molecule has 0 bridgehead atoms. The number of carbonyl (C=O) groups is 3. The molecule has 0 spiro atoms. The average molecular weight is 426 g/mol. The first kappa shape index (κ1) is 21.5. The van der Waals surface area contributed by atoms with Gasteiger partial charge in [0.25, 0.3) is 0 Å². The lowest BCUT2D eigenvalue weighted by Crippen LogP contribution is -2.43. The Bertz CT molecular complexity index is 823. The predicted molar refractivity (Wildman–Crippen MR) is 102 cm³/mol. The predicted octanol–water partition coefficient (Wildman–Crippen LogP) is 3.81. The fourth-order valence-electron chi connectivity index (χ4n) is 2.19. The lowest BCUT2D eigenvalue weighted by Gasteiger charge is -2.16. The van der Waals surface area contributed by atoms with Crippen molar-refractivity contribution in [1.29, 1.82) is 0 Å². The number of hydrogen-bond acceptors (Lipinski definition) is 5. The van der Waals surface area contributed by atoms with Crippen LogP contribution in [0.25, 0.3) is 0 Å². The molecule has 0 aliphatic carbocycles. The summed E-state index contributed by atoms with van der Waals surface area (Å²) in [5.41, 5.74) is 1.11. The molecule has 0 radical (unpaired) electrons. The molecular weight excluding hydrogens is 409 g/mol. The molecule has 2 N–H and O–H groups in total. The Labute approximate surface area is 171 Å². The van der Waals surface area contributed by atoms with Gasteiger partial charge in [-0.3, -0.25) is 4.79 Å². The van der Waals surface area contributed by atoms with Crippen molar-refractivity contribution in [1.82, 2.24) is 5.32 Å². The molecular formula is C19H17Cl2NO6. The van der Waals surface area contributed by atoms with E-state index >= 15 is 0 Å². The zero-order valence-corrected chi connectivity index (χ0v) is 16.1. The monoisotopic (exact) mass is 425 g/mol. The molecule has 1 amide bonds. The van der Waals surface area contributed by atoms with E-state index in [1.807, 2.05) is 6.07 Å². The molecule has 2 aromatic carbocycles. The Balaban J connectivity index is 1.94. The van der Waals surface area contributed by atoms with Crippen LogP contribution in [0.5, 0.6) is 0 Å². The lowest BCUT2D eigenvalue weighted by atomic mass is 10.2. The Morgan fingerprint density at radius 2 is 1.57 bits per heavy atom. The zero-order valence-electron chi connectivity index (χ0n) is 14.6. The van der Waals surface area contributed by atoms with Crippen LogP contribution < -0.4 is 5.32 Å². The largest absolute Gasteiger partial charge is 0.481 e. The number of halogens is 2. The summed E-state index contributed by atoms with van der Waals surface area (Å²) < 4.78 is 10.1. The van der Waals surface area contributed by atoms with Crippen molar-refractivity contribution in [3.63, 3.8) is 0 Å². The van der Waals surface area contributed by atoms with E-state index in [4.69, 9.17) is 37.8 Å². The van der Waals surface area contributed by atoms with Crippen LogP contribution in [0.3, 0.4) is 0 Å². The van der Waals surface area contributed by atoms with Gasteiger partial charge in [0, 0.05) is 15.6 Å². The number of ether oxygens (including phenoxy) is 2. The number of aliphatic carboxylic acids is 1. The van der Waals surface area contributed by atoms with Crippen LogP contribution in [0.15, 0.2) is 48.5 Å². The third-order valence-corrected chi connectivity index (χ3v) is 4.30. The van der Waals surface area contributed by atoms with E-state index in [0.717, 1.165) is 5.56 Å². The number of benzene rings is 2. The van der Waals surface area contributed by atoms with Gasteiger partial charge in [-0.05, 0) is 17.7 Å². The number of carboxylic acids is 1. The number of nitrogens with one attached hydrogen (secondary N) is 1. The Morgan fingerprint density at radius 3 is 2.18 bits per heavy atom. The topological polar surface area (TPSA) is 102 Å². The van der Waals surface area contributed by atoms with E-state index in [9.17, 15) is 14.4 Å². The molecule has 2 aromatic rings. The quantitative estimate of drug-likeness (QED) is 0.623. The highest BCUT2D eigenvalue weighted by molar-refractivity contribution is 6.35. The fraction of sp³-hybridized carbons (Fsp3) is 0.211. The summed E-state index contributed by atoms with van der Waals surface area (Å²) in [6.45, 7) is -0.301. The number of hydrogen-bond donors (Lipinski definition) is 2. The van der Waals surface area contributed by atoms with Crippen molar-refractivity contribution in [3.8, 4) is 0 Å². The summed E-state index contributed by atoms with van der Waals surface area (Å²) in [4.78, 5) is 35.2. The van der Waals surface area contributed by atoms with Gasteiger partial charge in [0.1, 0.15) is 19.3 Å². The second kappa shape index (κ2) is 10.5. The van der Waals surface area contributed by atoms with Crippen molar-refractivity contribution in [3.05, 3.63) is 69.7 Å². The minimum Gasteiger partial charge on any atom is -0.481 e.